The molecule has 0 spiro atoms. The molecule has 0 aliphatic carbocycles. The molecule has 2 aromatic rings. The summed E-state index contributed by atoms with van der Waals surface area (Å²) in [5.74, 6) is 1.99. The van der Waals surface area contributed by atoms with Gasteiger partial charge < -0.3 is 19.5 Å². The number of benzene rings is 2. The molecule has 1 atom stereocenters. The molecule has 0 saturated heterocycles. The summed E-state index contributed by atoms with van der Waals surface area (Å²) in [5, 5.41) is 2.84. The molecular formula is C21H25NO4. The van der Waals surface area contributed by atoms with Crippen LogP contribution in [0.15, 0.2) is 48.5 Å². The molecule has 1 aliphatic heterocycles. The highest BCUT2D eigenvalue weighted by atomic mass is 16.6. The quantitative estimate of drug-likeness (QED) is 0.894. The zero-order chi connectivity index (χ0) is 18.6. The molecule has 0 fully saturated rings. The summed E-state index contributed by atoms with van der Waals surface area (Å²) in [6.45, 7) is 7.11. The molecule has 0 bridgehead atoms. The first-order valence-corrected chi connectivity index (χ1v) is 8.81. The van der Waals surface area contributed by atoms with Gasteiger partial charge >= 0.3 is 0 Å². The van der Waals surface area contributed by atoms with E-state index in [9.17, 15) is 4.79 Å². The Morgan fingerprint density at radius 2 is 1.81 bits per heavy atom. The Labute approximate surface area is 154 Å². The highest BCUT2D eigenvalue weighted by Gasteiger charge is 2.22. The first-order chi connectivity index (χ1) is 12.4. The minimum absolute atomic E-state index is 0.0305. The Hall–Kier alpha value is -2.69. The van der Waals surface area contributed by atoms with E-state index in [1.165, 1.54) is 0 Å². The van der Waals surface area contributed by atoms with Crippen LogP contribution in [0.5, 0.6) is 17.2 Å². The van der Waals surface area contributed by atoms with E-state index in [2.05, 4.69) is 26.1 Å². The molecule has 26 heavy (non-hydrogen) atoms. The molecular weight excluding hydrogens is 330 g/mol. The number of rotatable bonds is 5. The van der Waals surface area contributed by atoms with Gasteiger partial charge in [0.15, 0.2) is 18.1 Å². The summed E-state index contributed by atoms with van der Waals surface area (Å²) in [6, 6.07) is 15.3. The molecule has 1 amide bonds. The molecule has 1 heterocycles. The summed E-state index contributed by atoms with van der Waals surface area (Å²) in [5.41, 5.74) is 1.03. The third kappa shape index (κ3) is 4.48. The van der Waals surface area contributed by atoms with Gasteiger partial charge in [0.1, 0.15) is 18.5 Å². The second kappa shape index (κ2) is 7.68. The number of para-hydroxylation sites is 3. The zero-order valence-corrected chi connectivity index (χ0v) is 15.5. The second-order valence-electron chi connectivity index (χ2n) is 7.34. The van der Waals surface area contributed by atoms with Crippen LogP contribution in [-0.2, 0) is 10.2 Å². The monoisotopic (exact) mass is 355 g/mol. The van der Waals surface area contributed by atoms with Crippen LogP contribution in [-0.4, -0.2) is 31.8 Å². The van der Waals surface area contributed by atoms with Crippen molar-refractivity contribution in [2.24, 2.45) is 0 Å². The summed E-state index contributed by atoms with van der Waals surface area (Å²) < 4.78 is 17.2. The van der Waals surface area contributed by atoms with Crippen molar-refractivity contribution in [3.8, 4) is 17.2 Å². The van der Waals surface area contributed by atoms with Crippen molar-refractivity contribution >= 4 is 5.91 Å². The average molecular weight is 355 g/mol. The van der Waals surface area contributed by atoms with Crippen molar-refractivity contribution in [2.75, 3.05) is 19.8 Å². The largest absolute Gasteiger partial charge is 0.486 e. The van der Waals surface area contributed by atoms with Crippen LogP contribution in [0.2, 0.25) is 0 Å². The summed E-state index contributed by atoms with van der Waals surface area (Å²) in [6.07, 6.45) is -0.212. The molecule has 0 saturated carbocycles. The van der Waals surface area contributed by atoms with E-state index in [0.29, 0.717) is 18.9 Å². The van der Waals surface area contributed by atoms with Gasteiger partial charge in [-0.25, -0.2) is 0 Å². The predicted octanol–water partition coefficient (Wildman–Crippen LogP) is 3.32. The van der Waals surface area contributed by atoms with Crippen molar-refractivity contribution in [1.82, 2.24) is 5.32 Å². The van der Waals surface area contributed by atoms with Gasteiger partial charge in [-0.15, -0.1) is 0 Å². The fourth-order valence-corrected chi connectivity index (χ4v) is 2.80. The maximum atomic E-state index is 12.1. The predicted molar refractivity (Wildman–Crippen MR) is 100.0 cm³/mol. The number of nitrogens with one attached hydrogen (secondary N) is 1. The fourth-order valence-electron chi connectivity index (χ4n) is 2.80. The van der Waals surface area contributed by atoms with Gasteiger partial charge in [0.25, 0.3) is 5.91 Å². The molecule has 0 unspecified atom stereocenters. The van der Waals surface area contributed by atoms with E-state index in [4.69, 9.17) is 14.2 Å². The molecule has 3 rings (SSSR count). The third-order valence-electron chi connectivity index (χ3n) is 4.15. The number of carbonyl (C=O) groups is 1. The number of carbonyl (C=O) groups excluding carboxylic acids is 1. The van der Waals surface area contributed by atoms with Crippen molar-refractivity contribution in [3.05, 3.63) is 54.1 Å². The molecule has 0 radical (unpaired) electrons. The van der Waals surface area contributed by atoms with Gasteiger partial charge in [-0.3, -0.25) is 4.79 Å². The summed E-state index contributed by atoms with van der Waals surface area (Å²) in [7, 11) is 0. The fraction of sp³-hybridized carbons (Fsp3) is 0.381. The molecule has 5 nitrogen and oxygen atoms in total. The number of hydrogen-bond acceptors (Lipinski definition) is 4. The Bertz CT molecular complexity index is 767. The minimum Gasteiger partial charge on any atom is -0.486 e. The first-order valence-electron chi connectivity index (χ1n) is 8.81. The Morgan fingerprint density at radius 1 is 1.12 bits per heavy atom. The highest BCUT2D eigenvalue weighted by molar-refractivity contribution is 5.77. The van der Waals surface area contributed by atoms with Crippen LogP contribution >= 0.6 is 0 Å². The van der Waals surface area contributed by atoms with Crippen LogP contribution in [0, 0.1) is 0 Å². The molecule has 1 aliphatic rings. The topological polar surface area (TPSA) is 56.8 Å². The number of ether oxygens (including phenoxy) is 3. The van der Waals surface area contributed by atoms with E-state index in [-0.39, 0.29) is 24.0 Å². The number of fused-ring (bicyclic) bond motifs is 1. The zero-order valence-electron chi connectivity index (χ0n) is 15.5. The van der Waals surface area contributed by atoms with Crippen LogP contribution in [0.4, 0.5) is 0 Å². The SMILES string of the molecule is CC(C)(C)c1ccccc1OCC(=O)NC[C@@H]1COc2ccccc2O1. The van der Waals surface area contributed by atoms with E-state index < -0.39 is 0 Å². The lowest BCUT2D eigenvalue weighted by molar-refractivity contribution is -0.123. The number of amides is 1. The van der Waals surface area contributed by atoms with Crippen molar-refractivity contribution in [3.63, 3.8) is 0 Å². The average Bonchev–Trinajstić information content (AvgIpc) is 2.64. The van der Waals surface area contributed by atoms with Crippen molar-refractivity contribution < 1.29 is 19.0 Å². The molecule has 1 N–H and O–H groups in total. The standard InChI is InChI=1S/C21H25NO4/c1-21(2,3)16-8-4-5-9-17(16)25-14-20(23)22-12-15-13-24-18-10-6-7-11-19(18)26-15/h4-11,15H,12-14H2,1-3H3,(H,22,23)/t15-/m1/s1. The molecule has 2 aromatic carbocycles. The van der Waals surface area contributed by atoms with Crippen molar-refractivity contribution in [1.29, 1.82) is 0 Å². The van der Waals surface area contributed by atoms with Gasteiger partial charge in [-0.2, -0.15) is 0 Å². The molecule has 0 aromatic heterocycles. The van der Waals surface area contributed by atoms with Crippen LogP contribution in [0.25, 0.3) is 0 Å². The van der Waals surface area contributed by atoms with E-state index in [1.807, 2.05) is 48.5 Å². The lowest BCUT2D eigenvalue weighted by atomic mass is 9.86. The van der Waals surface area contributed by atoms with E-state index in [0.717, 1.165) is 17.1 Å². The maximum Gasteiger partial charge on any atom is 0.258 e. The van der Waals surface area contributed by atoms with Gasteiger partial charge in [-0.1, -0.05) is 51.1 Å². The normalized spacial score (nSPS) is 16.0. The Balaban J connectivity index is 1.49. The number of hydrogen-bond donors (Lipinski definition) is 1. The van der Waals surface area contributed by atoms with Crippen LogP contribution in [0.1, 0.15) is 26.3 Å². The van der Waals surface area contributed by atoms with Gasteiger partial charge in [0, 0.05) is 0 Å². The van der Waals surface area contributed by atoms with Crippen LogP contribution < -0.4 is 19.5 Å². The van der Waals surface area contributed by atoms with Gasteiger partial charge in [0.2, 0.25) is 0 Å². The van der Waals surface area contributed by atoms with Crippen LogP contribution in [0.3, 0.4) is 0 Å². The van der Waals surface area contributed by atoms with Crippen molar-refractivity contribution in [2.45, 2.75) is 32.3 Å². The highest BCUT2D eigenvalue weighted by Crippen LogP contribution is 2.31. The van der Waals surface area contributed by atoms with E-state index >= 15 is 0 Å². The summed E-state index contributed by atoms with van der Waals surface area (Å²) >= 11 is 0. The minimum atomic E-state index is -0.212. The third-order valence-corrected chi connectivity index (χ3v) is 4.15. The Morgan fingerprint density at radius 3 is 2.58 bits per heavy atom. The lowest BCUT2D eigenvalue weighted by Crippen LogP contribution is -2.42. The second-order valence-corrected chi connectivity index (χ2v) is 7.34. The van der Waals surface area contributed by atoms with E-state index in [1.54, 1.807) is 0 Å². The molecule has 138 valence electrons. The Kier molecular flexibility index (Phi) is 5.35. The lowest BCUT2D eigenvalue weighted by Gasteiger charge is -2.26. The molecule has 5 heteroatoms. The first kappa shape index (κ1) is 18.1. The smallest absolute Gasteiger partial charge is 0.258 e. The van der Waals surface area contributed by atoms with Gasteiger partial charge in [0.05, 0.1) is 6.54 Å². The van der Waals surface area contributed by atoms with Gasteiger partial charge in [-0.05, 0) is 29.2 Å². The summed E-state index contributed by atoms with van der Waals surface area (Å²) in [4.78, 5) is 12.1. The maximum absolute atomic E-state index is 12.1.